The quantitative estimate of drug-likeness (QED) is 0.298. The molecule has 1 atom stereocenters. The van der Waals surface area contributed by atoms with Crippen LogP contribution in [0.2, 0.25) is 5.02 Å². The van der Waals surface area contributed by atoms with E-state index in [4.69, 9.17) is 17.3 Å². The molecule has 9 heteroatoms. The Labute approximate surface area is 234 Å². The van der Waals surface area contributed by atoms with Gasteiger partial charge in [-0.1, -0.05) is 73.5 Å². The number of rotatable bonds is 9. The number of benzene rings is 2. The van der Waals surface area contributed by atoms with Gasteiger partial charge in [-0.3, -0.25) is 9.36 Å². The molecule has 0 radical (unpaired) electrons. The van der Waals surface area contributed by atoms with E-state index in [-0.39, 0.29) is 29.9 Å². The first kappa shape index (κ1) is 29.4. The summed E-state index contributed by atoms with van der Waals surface area (Å²) in [5, 5.41) is 4.84. The van der Waals surface area contributed by atoms with Crippen molar-refractivity contribution in [3.05, 3.63) is 104 Å². The average molecular weight is 557 g/mol. The molecule has 4 rings (SSSR count). The molecule has 202 valence electrons. The predicted octanol–water partition coefficient (Wildman–Crippen LogP) is 5.42. The van der Waals surface area contributed by atoms with Crippen LogP contribution in [0.3, 0.4) is 0 Å². The molecular formula is C29H35Cl2N5O2. The lowest BCUT2D eigenvalue weighted by molar-refractivity contribution is 0.0609. The van der Waals surface area contributed by atoms with E-state index >= 15 is 0 Å². The average Bonchev–Trinajstić information content (AvgIpc) is 3.17. The molecule has 0 aliphatic rings. The highest BCUT2D eigenvalue weighted by molar-refractivity contribution is 6.34. The third-order valence-corrected chi connectivity index (χ3v) is 7.11. The van der Waals surface area contributed by atoms with E-state index in [9.17, 15) is 9.59 Å². The normalized spacial score (nSPS) is 12.0. The Morgan fingerprint density at radius 3 is 2.34 bits per heavy atom. The second-order valence-electron chi connectivity index (χ2n) is 9.82. The first-order chi connectivity index (χ1) is 17.7. The fourth-order valence-electron chi connectivity index (χ4n) is 4.76. The number of aryl methyl sites for hydroxylation is 2. The molecule has 0 spiro atoms. The van der Waals surface area contributed by atoms with Crippen molar-refractivity contribution in [2.24, 2.45) is 11.7 Å². The summed E-state index contributed by atoms with van der Waals surface area (Å²) in [6, 6.07) is 18.9. The minimum absolute atomic E-state index is 0. The van der Waals surface area contributed by atoms with E-state index in [1.807, 2.05) is 72.5 Å². The van der Waals surface area contributed by atoms with Gasteiger partial charge in [0.1, 0.15) is 0 Å². The second-order valence-corrected chi connectivity index (χ2v) is 10.2. The number of carbonyl (C=O) groups excluding carboxylic acids is 1. The smallest absolute Gasteiger partial charge is 0.330 e. The standard InChI is InChI=1S/C29H34ClN5O2.ClH/c1-19(2)27(33(16-8-15-31)28(36)23-13-11-20(3)12-14-23)25-17-24-26(30)21(4)32-35(24)29(37)34(25)18-22-9-6-5-7-10-22;/h5-7,9-14,17,19,27H,8,15-16,18,31H2,1-4H3;1H/t27-;/m1./s1. The van der Waals surface area contributed by atoms with Gasteiger partial charge < -0.3 is 10.6 Å². The van der Waals surface area contributed by atoms with Gasteiger partial charge in [0.2, 0.25) is 0 Å². The van der Waals surface area contributed by atoms with Crippen molar-refractivity contribution < 1.29 is 4.79 Å². The maximum atomic E-state index is 13.9. The minimum atomic E-state index is -0.395. The van der Waals surface area contributed by atoms with Crippen LogP contribution in [0.25, 0.3) is 5.52 Å². The summed E-state index contributed by atoms with van der Waals surface area (Å²) in [4.78, 5) is 29.6. The number of aromatic nitrogens is 3. The summed E-state index contributed by atoms with van der Waals surface area (Å²) in [5.74, 6) is -0.0969. The minimum Gasteiger partial charge on any atom is -0.330 e. The first-order valence-corrected chi connectivity index (χ1v) is 13.0. The van der Waals surface area contributed by atoms with E-state index in [1.54, 1.807) is 11.5 Å². The van der Waals surface area contributed by atoms with Crippen molar-refractivity contribution in [1.29, 1.82) is 0 Å². The number of hydrogen-bond acceptors (Lipinski definition) is 4. The zero-order valence-corrected chi connectivity index (χ0v) is 23.8. The lowest BCUT2D eigenvalue weighted by Gasteiger charge is -2.36. The van der Waals surface area contributed by atoms with E-state index in [2.05, 4.69) is 18.9 Å². The number of amides is 1. The van der Waals surface area contributed by atoms with Gasteiger partial charge in [-0.2, -0.15) is 9.61 Å². The zero-order chi connectivity index (χ0) is 26.7. The van der Waals surface area contributed by atoms with Crippen molar-refractivity contribution in [2.45, 2.75) is 46.7 Å². The molecule has 0 unspecified atom stereocenters. The Hall–Kier alpha value is -3.13. The largest absolute Gasteiger partial charge is 0.349 e. The van der Waals surface area contributed by atoms with Crippen molar-refractivity contribution in [1.82, 2.24) is 19.1 Å². The van der Waals surface area contributed by atoms with Crippen molar-refractivity contribution in [3.8, 4) is 0 Å². The zero-order valence-electron chi connectivity index (χ0n) is 22.2. The third kappa shape index (κ3) is 5.96. The SMILES string of the molecule is Cc1ccc(C(=O)N(CCCN)[C@@H](c2cc3c(Cl)c(C)nn3c(=O)n2Cc2ccccc2)C(C)C)cc1.Cl. The van der Waals surface area contributed by atoms with Crippen LogP contribution >= 0.6 is 24.0 Å². The van der Waals surface area contributed by atoms with E-state index < -0.39 is 6.04 Å². The molecule has 38 heavy (non-hydrogen) atoms. The summed E-state index contributed by atoms with van der Waals surface area (Å²) in [5.41, 5.74) is 10.1. The molecule has 0 bridgehead atoms. The molecular weight excluding hydrogens is 521 g/mol. The number of nitrogens with zero attached hydrogens (tertiary/aromatic N) is 4. The lowest BCUT2D eigenvalue weighted by atomic mass is 9.96. The number of fused-ring (bicyclic) bond motifs is 1. The number of halogens is 2. The molecule has 0 aliphatic carbocycles. The molecule has 0 saturated heterocycles. The van der Waals surface area contributed by atoms with Gasteiger partial charge in [0.05, 0.1) is 28.8 Å². The Kier molecular flexibility index (Phi) is 9.77. The van der Waals surface area contributed by atoms with Crippen LogP contribution in [0.1, 0.15) is 59.2 Å². The Morgan fingerprint density at radius 1 is 1.08 bits per heavy atom. The second kappa shape index (κ2) is 12.6. The van der Waals surface area contributed by atoms with E-state index in [1.165, 1.54) is 4.52 Å². The highest BCUT2D eigenvalue weighted by Gasteiger charge is 2.32. The fraction of sp³-hybridized carbons (Fsp3) is 0.345. The van der Waals surface area contributed by atoms with Crippen LogP contribution < -0.4 is 11.4 Å². The summed E-state index contributed by atoms with van der Waals surface area (Å²) in [7, 11) is 0. The van der Waals surface area contributed by atoms with Gasteiger partial charge in [0.25, 0.3) is 5.91 Å². The molecule has 0 aliphatic heterocycles. The van der Waals surface area contributed by atoms with Crippen LogP contribution in [0.5, 0.6) is 0 Å². The molecule has 0 saturated carbocycles. The fourth-order valence-corrected chi connectivity index (χ4v) is 4.93. The van der Waals surface area contributed by atoms with E-state index in [0.717, 1.165) is 16.8 Å². The highest BCUT2D eigenvalue weighted by Crippen LogP contribution is 2.32. The maximum Gasteiger partial charge on any atom is 0.349 e. The maximum absolute atomic E-state index is 13.9. The number of hydrogen-bond donors (Lipinski definition) is 1. The topological polar surface area (TPSA) is 85.6 Å². The van der Waals surface area contributed by atoms with Gasteiger partial charge in [-0.25, -0.2) is 4.79 Å². The molecule has 1 amide bonds. The van der Waals surface area contributed by atoms with Crippen molar-refractivity contribution in [2.75, 3.05) is 13.1 Å². The monoisotopic (exact) mass is 555 g/mol. The Balaban J connectivity index is 0.00000400. The Morgan fingerprint density at radius 2 is 1.74 bits per heavy atom. The van der Waals surface area contributed by atoms with Crippen LogP contribution in [-0.2, 0) is 6.54 Å². The Bertz CT molecular complexity index is 1450. The van der Waals surface area contributed by atoms with Gasteiger partial charge >= 0.3 is 5.69 Å². The van der Waals surface area contributed by atoms with Crippen LogP contribution in [0.15, 0.2) is 65.5 Å². The van der Waals surface area contributed by atoms with Crippen LogP contribution in [-0.4, -0.2) is 38.1 Å². The van der Waals surface area contributed by atoms with Crippen LogP contribution in [0.4, 0.5) is 0 Å². The molecule has 2 aromatic heterocycles. The third-order valence-electron chi connectivity index (χ3n) is 6.65. The van der Waals surface area contributed by atoms with Gasteiger partial charge in [0.15, 0.2) is 0 Å². The molecule has 2 heterocycles. The summed E-state index contributed by atoms with van der Waals surface area (Å²) in [6.07, 6.45) is 0.637. The molecule has 4 aromatic rings. The first-order valence-electron chi connectivity index (χ1n) is 12.6. The lowest BCUT2D eigenvalue weighted by Crippen LogP contribution is -2.42. The van der Waals surface area contributed by atoms with Crippen molar-refractivity contribution in [3.63, 3.8) is 0 Å². The molecule has 2 aromatic carbocycles. The predicted molar refractivity (Wildman–Crippen MR) is 155 cm³/mol. The highest BCUT2D eigenvalue weighted by atomic mass is 35.5. The number of carbonyl (C=O) groups is 1. The van der Waals surface area contributed by atoms with Gasteiger partial charge in [-0.05, 0) is 56.5 Å². The van der Waals surface area contributed by atoms with Gasteiger partial charge in [0, 0.05) is 17.8 Å². The molecule has 7 nitrogen and oxygen atoms in total. The van der Waals surface area contributed by atoms with E-state index in [0.29, 0.717) is 47.9 Å². The van der Waals surface area contributed by atoms with Crippen molar-refractivity contribution >= 4 is 35.4 Å². The summed E-state index contributed by atoms with van der Waals surface area (Å²) < 4.78 is 3.07. The summed E-state index contributed by atoms with van der Waals surface area (Å²) >= 11 is 6.59. The molecule has 2 N–H and O–H groups in total. The number of nitrogens with two attached hydrogens (primary N) is 1. The summed E-state index contributed by atoms with van der Waals surface area (Å²) in [6.45, 7) is 9.15. The van der Waals surface area contributed by atoms with Gasteiger partial charge in [-0.15, -0.1) is 12.4 Å². The molecule has 0 fully saturated rings. The van der Waals surface area contributed by atoms with Crippen LogP contribution in [0, 0.1) is 19.8 Å².